The maximum absolute atomic E-state index is 3.61. The van der Waals surface area contributed by atoms with Crippen molar-refractivity contribution in [3.8, 4) is 0 Å². The molecule has 0 radical (unpaired) electrons. The molecule has 2 heteroatoms. The SMILES string of the molecule is c1cc2c(cc1CNCCC1CCCCN1)CCC2. The second kappa shape index (κ2) is 6.53. The van der Waals surface area contributed by atoms with Crippen molar-refractivity contribution in [2.75, 3.05) is 13.1 Å². The van der Waals surface area contributed by atoms with E-state index in [1.54, 1.807) is 11.1 Å². The highest BCUT2D eigenvalue weighted by Crippen LogP contribution is 2.22. The number of aryl methyl sites for hydroxylation is 2. The third-order valence-corrected chi connectivity index (χ3v) is 4.57. The van der Waals surface area contributed by atoms with Crippen LogP contribution in [-0.2, 0) is 19.4 Å². The summed E-state index contributed by atoms with van der Waals surface area (Å²) >= 11 is 0. The number of rotatable bonds is 5. The van der Waals surface area contributed by atoms with E-state index in [0.717, 1.165) is 19.1 Å². The number of benzene rings is 1. The molecule has 3 rings (SSSR count). The van der Waals surface area contributed by atoms with Gasteiger partial charge in [-0.05, 0) is 68.3 Å². The zero-order valence-corrected chi connectivity index (χ0v) is 11.9. The van der Waals surface area contributed by atoms with Crippen LogP contribution in [0.15, 0.2) is 18.2 Å². The first-order chi connectivity index (χ1) is 9.42. The third kappa shape index (κ3) is 3.58. The fourth-order valence-corrected chi connectivity index (χ4v) is 3.41. The smallest absolute Gasteiger partial charge is 0.0205 e. The molecule has 0 amide bonds. The average Bonchev–Trinajstić information content (AvgIpc) is 2.92. The Hall–Kier alpha value is -0.860. The number of hydrogen-bond donors (Lipinski definition) is 2. The highest BCUT2D eigenvalue weighted by atomic mass is 14.9. The normalized spacial score (nSPS) is 22.4. The minimum atomic E-state index is 0.751. The molecule has 1 aromatic rings. The summed E-state index contributed by atoms with van der Waals surface area (Å²) in [5.41, 5.74) is 4.63. The van der Waals surface area contributed by atoms with Crippen molar-refractivity contribution in [2.45, 2.75) is 57.5 Å². The first kappa shape index (κ1) is 13.1. The number of hydrogen-bond acceptors (Lipinski definition) is 2. The fourth-order valence-electron chi connectivity index (χ4n) is 3.41. The molecule has 0 saturated carbocycles. The topological polar surface area (TPSA) is 24.1 Å². The molecule has 19 heavy (non-hydrogen) atoms. The molecule has 1 heterocycles. The number of fused-ring (bicyclic) bond motifs is 1. The van der Waals surface area contributed by atoms with Crippen molar-refractivity contribution in [1.82, 2.24) is 10.6 Å². The summed E-state index contributed by atoms with van der Waals surface area (Å²) in [6.07, 6.45) is 9.32. The van der Waals surface area contributed by atoms with Crippen molar-refractivity contribution in [2.24, 2.45) is 0 Å². The molecule has 104 valence electrons. The molecule has 1 saturated heterocycles. The van der Waals surface area contributed by atoms with Crippen molar-refractivity contribution in [3.05, 3.63) is 34.9 Å². The quantitative estimate of drug-likeness (QED) is 0.794. The monoisotopic (exact) mass is 258 g/mol. The van der Waals surface area contributed by atoms with E-state index in [2.05, 4.69) is 28.8 Å². The second-order valence-electron chi connectivity index (χ2n) is 6.07. The predicted octanol–water partition coefficient (Wildman–Crippen LogP) is 2.80. The molecule has 1 aliphatic carbocycles. The van der Waals surface area contributed by atoms with E-state index >= 15 is 0 Å². The van der Waals surface area contributed by atoms with Crippen molar-refractivity contribution < 1.29 is 0 Å². The Morgan fingerprint density at radius 3 is 2.95 bits per heavy atom. The van der Waals surface area contributed by atoms with Crippen LogP contribution in [-0.4, -0.2) is 19.1 Å². The summed E-state index contributed by atoms with van der Waals surface area (Å²) in [5, 5.41) is 7.21. The molecular weight excluding hydrogens is 232 g/mol. The summed E-state index contributed by atoms with van der Waals surface area (Å²) in [4.78, 5) is 0. The van der Waals surface area contributed by atoms with Gasteiger partial charge in [-0.15, -0.1) is 0 Å². The number of piperidine rings is 1. The summed E-state index contributed by atoms with van der Waals surface area (Å²) in [7, 11) is 0. The first-order valence-corrected chi connectivity index (χ1v) is 7.96. The maximum atomic E-state index is 3.61. The Kier molecular flexibility index (Phi) is 4.52. The van der Waals surface area contributed by atoms with Gasteiger partial charge in [0.25, 0.3) is 0 Å². The molecule has 1 aliphatic heterocycles. The molecule has 0 spiro atoms. The lowest BCUT2D eigenvalue weighted by molar-refractivity contribution is 0.376. The second-order valence-corrected chi connectivity index (χ2v) is 6.07. The molecule has 1 aromatic carbocycles. The summed E-state index contributed by atoms with van der Waals surface area (Å²) in [6, 6.07) is 7.80. The van der Waals surface area contributed by atoms with Gasteiger partial charge in [-0.3, -0.25) is 0 Å². The van der Waals surface area contributed by atoms with E-state index in [0.29, 0.717) is 0 Å². The Morgan fingerprint density at radius 2 is 2.05 bits per heavy atom. The van der Waals surface area contributed by atoms with Crippen LogP contribution < -0.4 is 10.6 Å². The molecule has 0 aromatic heterocycles. The van der Waals surface area contributed by atoms with Gasteiger partial charge in [0.15, 0.2) is 0 Å². The molecule has 2 aliphatic rings. The maximum Gasteiger partial charge on any atom is 0.0205 e. The van der Waals surface area contributed by atoms with Gasteiger partial charge < -0.3 is 10.6 Å². The van der Waals surface area contributed by atoms with E-state index in [1.807, 2.05) is 0 Å². The number of nitrogens with one attached hydrogen (secondary N) is 2. The van der Waals surface area contributed by atoms with Gasteiger partial charge in [0.2, 0.25) is 0 Å². The zero-order chi connectivity index (χ0) is 12.9. The van der Waals surface area contributed by atoms with Crippen molar-refractivity contribution in [3.63, 3.8) is 0 Å². The molecule has 1 unspecified atom stereocenters. The van der Waals surface area contributed by atoms with E-state index in [4.69, 9.17) is 0 Å². The summed E-state index contributed by atoms with van der Waals surface area (Å²) in [6.45, 7) is 3.38. The van der Waals surface area contributed by atoms with Gasteiger partial charge >= 0.3 is 0 Å². The Balaban J connectivity index is 1.40. The minimum absolute atomic E-state index is 0.751. The highest BCUT2D eigenvalue weighted by Gasteiger charge is 2.12. The van der Waals surface area contributed by atoms with Gasteiger partial charge in [-0.1, -0.05) is 24.6 Å². The van der Waals surface area contributed by atoms with E-state index in [-0.39, 0.29) is 0 Å². The summed E-state index contributed by atoms with van der Waals surface area (Å²) in [5.74, 6) is 0. The Labute approximate surface area is 117 Å². The largest absolute Gasteiger partial charge is 0.314 e. The van der Waals surface area contributed by atoms with Crippen LogP contribution in [0.25, 0.3) is 0 Å². The van der Waals surface area contributed by atoms with Gasteiger partial charge in [-0.2, -0.15) is 0 Å². The van der Waals surface area contributed by atoms with E-state index < -0.39 is 0 Å². The molecule has 2 N–H and O–H groups in total. The van der Waals surface area contributed by atoms with Crippen molar-refractivity contribution in [1.29, 1.82) is 0 Å². The molecule has 1 atom stereocenters. The van der Waals surface area contributed by atoms with E-state index in [9.17, 15) is 0 Å². The van der Waals surface area contributed by atoms with Gasteiger partial charge in [0.05, 0.1) is 0 Å². The van der Waals surface area contributed by atoms with Crippen LogP contribution in [0.4, 0.5) is 0 Å². The Bertz CT molecular complexity index is 408. The Morgan fingerprint density at radius 1 is 1.11 bits per heavy atom. The lowest BCUT2D eigenvalue weighted by Crippen LogP contribution is -2.36. The molecule has 1 fully saturated rings. The van der Waals surface area contributed by atoms with Gasteiger partial charge in [0.1, 0.15) is 0 Å². The third-order valence-electron chi connectivity index (χ3n) is 4.57. The highest BCUT2D eigenvalue weighted by molar-refractivity contribution is 5.35. The van der Waals surface area contributed by atoms with E-state index in [1.165, 1.54) is 57.1 Å². The molecule has 2 nitrogen and oxygen atoms in total. The predicted molar refractivity (Wildman–Crippen MR) is 80.4 cm³/mol. The van der Waals surface area contributed by atoms with Gasteiger partial charge in [-0.25, -0.2) is 0 Å². The zero-order valence-electron chi connectivity index (χ0n) is 11.9. The fraction of sp³-hybridized carbons (Fsp3) is 0.647. The van der Waals surface area contributed by atoms with Crippen LogP contribution in [0.1, 0.15) is 48.8 Å². The minimum Gasteiger partial charge on any atom is -0.314 e. The lowest BCUT2D eigenvalue weighted by atomic mass is 10.0. The van der Waals surface area contributed by atoms with Crippen LogP contribution in [0, 0.1) is 0 Å². The van der Waals surface area contributed by atoms with Crippen molar-refractivity contribution >= 4 is 0 Å². The van der Waals surface area contributed by atoms with Crippen LogP contribution >= 0.6 is 0 Å². The van der Waals surface area contributed by atoms with Crippen LogP contribution in [0.3, 0.4) is 0 Å². The standard InChI is InChI=1S/C17H26N2/c1-2-10-19-17(6-1)9-11-18-13-14-7-8-15-4-3-5-16(15)12-14/h7-8,12,17-19H,1-6,9-11,13H2. The lowest BCUT2D eigenvalue weighted by Gasteiger charge is -2.23. The van der Waals surface area contributed by atoms with Crippen LogP contribution in [0.5, 0.6) is 0 Å². The molecule has 0 bridgehead atoms. The first-order valence-electron chi connectivity index (χ1n) is 7.96. The van der Waals surface area contributed by atoms with Crippen LogP contribution in [0.2, 0.25) is 0 Å². The van der Waals surface area contributed by atoms with Gasteiger partial charge in [0, 0.05) is 12.6 Å². The summed E-state index contributed by atoms with van der Waals surface area (Å²) < 4.78 is 0. The average molecular weight is 258 g/mol. The molecular formula is C17H26N2.